The lowest BCUT2D eigenvalue weighted by atomic mass is 9.96. The largest absolute Gasteiger partial charge is 0.343 e. The fourth-order valence-corrected chi connectivity index (χ4v) is 4.85. The Morgan fingerprint density at radius 2 is 1.70 bits per heavy atom. The monoisotopic (exact) mass is 394 g/mol. The van der Waals surface area contributed by atoms with E-state index in [4.69, 9.17) is 0 Å². The first-order valence-corrected chi connectivity index (χ1v) is 11.1. The number of piperidine rings is 1. The highest BCUT2D eigenvalue weighted by atomic mass is 32.2. The Bertz CT molecular complexity index is 751. The zero-order valence-electron chi connectivity index (χ0n) is 16.5. The van der Waals surface area contributed by atoms with Crippen molar-refractivity contribution in [2.24, 2.45) is 5.92 Å². The van der Waals surface area contributed by atoms with Crippen LogP contribution in [0.1, 0.15) is 56.8 Å². The molecule has 1 aromatic carbocycles. The van der Waals surface area contributed by atoms with Gasteiger partial charge in [0.1, 0.15) is 0 Å². The van der Waals surface area contributed by atoms with Crippen LogP contribution in [0.2, 0.25) is 0 Å². The molecule has 0 unspecified atom stereocenters. The van der Waals surface area contributed by atoms with Crippen molar-refractivity contribution in [2.45, 2.75) is 51.3 Å². The number of Topliss-reactive ketones (excluding diaryl/α,β-unsaturated/α-hetero) is 1. The van der Waals surface area contributed by atoms with Crippen LogP contribution in [-0.4, -0.2) is 55.5 Å². The van der Waals surface area contributed by atoms with E-state index >= 15 is 0 Å². The number of benzene rings is 1. The second-order valence-electron chi connectivity index (χ2n) is 7.03. The first-order chi connectivity index (χ1) is 12.8. The number of carbonyl (C=O) groups is 2. The Kier molecular flexibility index (Phi) is 7.56. The van der Waals surface area contributed by atoms with E-state index in [1.165, 1.54) is 23.4 Å². The van der Waals surface area contributed by atoms with E-state index in [2.05, 4.69) is 6.92 Å². The summed E-state index contributed by atoms with van der Waals surface area (Å²) in [6.07, 6.45) is 3.13. The van der Waals surface area contributed by atoms with Gasteiger partial charge in [0.25, 0.3) is 0 Å². The quantitative estimate of drug-likeness (QED) is 0.636. The number of ketones is 1. The first-order valence-electron chi connectivity index (χ1n) is 9.71. The molecule has 0 N–H and O–H groups in total. The fourth-order valence-electron chi connectivity index (χ4n) is 3.39. The molecule has 1 aliphatic rings. The van der Waals surface area contributed by atoms with Gasteiger partial charge < -0.3 is 4.90 Å². The van der Waals surface area contributed by atoms with Crippen LogP contribution >= 0.6 is 0 Å². The van der Waals surface area contributed by atoms with Crippen molar-refractivity contribution in [3.63, 3.8) is 0 Å². The number of nitrogens with zero attached hydrogens (tertiary/aromatic N) is 2. The van der Waals surface area contributed by atoms with Crippen molar-refractivity contribution in [3.05, 3.63) is 29.8 Å². The number of hydrogen-bond acceptors (Lipinski definition) is 4. The molecule has 1 amide bonds. The Labute approximate surface area is 162 Å². The third-order valence-electron chi connectivity index (χ3n) is 5.18. The zero-order chi connectivity index (χ0) is 20.0. The number of sulfonamides is 1. The molecule has 1 fully saturated rings. The van der Waals surface area contributed by atoms with Gasteiger partial charge in [-0.3, -0.25) is 9.59 Å². The summed E-state index contributed by atoms with van der Waals surface area (Å²) in [6, 6.07) is 6.04. The molecule has 1 saturated heterocycles. The maximum Gasteiger partial charge on any atom is 0.243 e. The summed E-state index contributed by atoms with van der Waals surface area (Å²) in [4.78, 5) is 26.1. The smallest absolute Gasteiger partial charge is 0.243 e. The molecule has 0 aliphatic carbocycles. The third-order valence-corrected chi connectivity index (χ3v) is 7.09. The average Bonchev–Trinajstić information content (AvgIpc) is 2.68. The molecular weight excluding hydrogens is 364 g/mol. The molecule has 0 bridgehead atoms. The second-order valence-corrected chi connectivity index (χ2v) is 8.97. The molecule has 27 heavy (non-hydrogen) atoms. The van der Waals surface area contributed by atoms with Crippen molar-refractivity contribution in [2.75, 3.05) is 26.2 Å². The van der Waals surface area contributed by atoms with Gasteiger partial charge in [0.15, 0.2) is 5.78 Å². The van der Waals surface area contributed by atoms with Crippen LogP contribution in [0.4, 0.5) is 0 Å². The van der Waals surface area contributed by atoms with Crippen LogP contribution in [-0.2, 0) is 14.8 Å². The minimum Gasteiger partial charge on any atom is -0.343 e. The van der Waals surface area contributed by atoms with Crippen LogP contribution in [0.3, 0.4) is 0 Å². The van der Waals surface area contributed by atoms with E-state index in [1.54, 1.807) is 12.1 Å². The summed E-state index contributed by atoms with van der Waals surface area (Å²) in [5, 5.41) is 0. The Balaban J connectivity index is 2.01. The molecule has 1 heterocycles. The molecule has 0 spiro atoms. The van der Waals surface area contributed by atoms with Crippen molar-refractivity contribution >= 4 is 21.7 Å². The van der Waals surface area contributed by atoms with Gasteiger partial charge in [0.2, 0.25) is 15.9 Å². The van der Waals surface area contributed by atoms with Crippen molar-refractivity contribution in [1.29, 1.82) is 0 Å². The van der Waals surface area contributed by atoms with E-state index in [9.17, 15) is 18.0 Å². The van der Waals surface area contributed by atoms with Crippen LogP contribution < -0.4 is 0 Å². The van der Waals surface area contributed by atoms with Gasteiger partial charge in [-0.15, -0.1) is 0 Å². The summed E-state index contributed by atoms with van der Waals surface area (Å²) in [7, 11) is -3.60. The maximum atomic E-state index is 12.8. The van der Waals surface area contributed by atoms with Crippen LogP contribution in [0.5, 0.6) is 0 Å². The lowest BCUT2D eigenvalue weighted by molar-refractivity contribution is -0.136. The molecule has 0 aromatic heterocycles. The molecule has 2 rings (SSSR count). The van der Waals surface area contributed by atoms with Gasteiger partial charge in [0, 0.05) is 37.7 Å². The maximum absolute atomic E-state index is 12.8. The molecule has 0 radical (unpaired) electrons. The highest BCUT2D eigenvalue weighted by Crippen LogP contribution is 2.25. The lowest BCUT2D eigenvalue weighted by Gasteiger charge is -2.33. The summed E-state index contributed by atoms with van der Waals surface area (Å²) in [5.74, 6) is -0.0519. The zero-order valence-corrected chi connectivity index (χ0v) is 17.3. The van der Waals surface area contributed by atoms with Gasteiger partial charge in [-0.2, -0.15) is 4.31 Å². The summed E-state index contributed by atoms with van der Waals surface area (Å²) < 4.78 is 27.1. The summed E-state index contributed by atoms with van der Waals surface area (Å²) >= 11 is 0. The minimum atomic E-state index is -3.60. The number of carbonyl (C=O) groups excluding carboxylic acids is 2. The summed E-state index contributed by atoms with van der Waals surface area (Å²) in [5.41, 5.74) is 0.491. The molecule has 7 heteroatoms. The van der Waals surface area contributed by atoms with E-state index in [0.29, 0.717) is 38.0 Å². The van der Waals surface area contributed by atoms with Gasteiger partial charge in [-0.25, -0.2) is 8.42 Å². The van der Waals surface area contributed by atoms with Crippen LogP contribution in [0.25, 0.3) is 0 Å². The number of rotatable bonds is 8. The summed E-state index contributed by atoms with van der Waals surface area (Å²) in [6.45, 7) is 7.69. The van der Waals surface area contributed by atoms with Crippen molar-refractivity contribution < 1.29 is 18.0 Å². The predicted molar refractivity (Wildman–Crippen MR) is 105 cm³/mol. The van der Waals surface area contributed by atoms with E-state index in [0.717, 1.165) is 19.4 Å². The van der Waals surface area contributed by atoms with Crippen molar-refractivity contribution in [1.82, 2.24) is 9.21 Å². The average molecular weight is 395 g/mol. The van der Waals surface area contributed by atoms with Crippen LogP contribution in [0, 0.1) is 5.92 Å². The second kappa shape index (κ2) is 9.46. The predicted octanol–water partition coefficient (Wildman–Crippen LogP) is 2.94. The first kappa shape index (κ1) is 21.6. The number of amides is 1. The van der Waals surface area contributed by atoms with E-state index < -0.39 is 10.0 Å². The topological polar surface area (TPSA) is 74.8 Å². The van der Waals surface area contributed by atoms with E-state index in [-0.39, 0.29) is 22.5 Å². The third kappa shape index (κ3) is 5.17. The Morgan fingerprint density at radius 3 is 2.19 bits per heavy atom. The molecule has 6 nitrogen and oxygen atoms in total. The lowest BCUT2D eigenvalue weighted by Crippen LogP contribution is -2.44. The number of hydrogen-bond donors (Lipinski definition) is 0. The molecule has 0 atom stereocenters. The Morgan fingerprint density at radius 1 is 1.11 bits per heavy atom. The molecule has 1 aromatic rings. The van der Waals surface area contributed by atoms with Gasteiger partial charge in [0.05, 0.1) is 4.90 Å². The molecule has 150 valence electrons. The van der Waals surface area contributed by atoms with E-state index in [1.807, 2.05) is 11.8 Å². The van der Waals surface area contributed by atoms with Gasteiger partial charge >= 0.3 is 0 Å². The number of unbranched alkanes of at least 4 members (excludes halogenated alkanes) is 1. The fraction of sp³-hybridized carbons (Fsp3) is 0.600. The molecule has 1 aliphatic heterocycles. The highest BCUT2D eigenvalue weighted by molar-refractivity contribution is 7.89. The van der Waals surface area contributed by atoms with Crippen molar-refractivity contribution in [3.8, 4) is 0 Å². The SMILES string of the molecule is CCCCN(CC)C(=O)C1CCN(S(=O)(=O)c2ccc(C(C)=O)cc2)CC1. The van der Waals surface area contributed by atoms with Crippen LogP contribution in [0.15, 0.2) is 29.2 Å². The minimum absolute atomic E-state index is 0.0955. The van der Waals surface area contributed by atoms with Gasteiger partial charge in [-0.05, 0) is 45.2 Å². The standard InChI is InChI=1S/C20H30N2O4S/c1-4-6-13-21(5-2)20(24)18-11-14-22(15-12-18)27(25,26)19-9-7-17(8-10-19)16(3)23/h7-10,18H,4-6,11-15H2,1-3H3. The molecule has 0 saturated carbocycles. The highest BCUT2D eigenvalue weighted by Gasteiger charge is 2.33. The van der Waals surface area contributed by atoms with Gasteiger partial charge in [-0.1, -0.05) is 25.5 Å². The Hall–Kier alpha value is -1.73. The normalized spacial score (nSPS) is 16.3. The molecular formula is C20H30N2O4S.